The van der Waals surface area contributed by atoms with Crippen molar-refractivity contribution in [1.82, 2.24) is 0 Å². The molecule has 0 aliphatic rings. The van der Waals surface area contributed by atoms with Crippen LogP contribution in [0.25, 0.3) is 0 Å². The molecule has 6 unspecified atom stereocenters. The van der Waals surface area contributed by atoms with Crippen molar-refractivity contribution in [3.05, 3.63) is 57.6 Å². The summed E-state index contributed by atoms with van der Waals surface area (Å²) in [6.07, 6.45) is 6.66. The van der Waals surface area contributed by atoms with E-state index in [0.29, 0.717) is 221 Å². The standard InChI is InChI=1S/C64H114O15/c1-13-51(7)57-19-21-59(63(55(11)17-5)61(57)53(9)15-3)78-49-47-76-45-43-74-41-39-72-37-35-70-33-31-68-29-27-66-25-23-65-24-26-67-28-30-69-32-34-71-36-38-73-40-42-75-44-46-77-48-50-79-60-22-20-58(52(8)14-2)62(54(10)16-4)64(60)56(12)18-6/h19-22,51-56H,13-18,23-50H2,1-12H3. The second-order valence-corrected chi connectivity index (χ2v) is 20.5. The first-order chi connectivity index (χ1) is 38.6. The lowest BCUT2D eigenvalue weighted by atomic mass is 9.79. The van der Waals surface area contributed by atoms with Crippen LogP contribution in [0, 0.1) is 0 Å². The molecule has 0 aromatic heterocycles. The molecule has 6 atom stereocenters. The molecule has 0 aliphatic carbocycles. The first-order valence-electron chi connectivity index (χ1n) is 30.7. The average Bonchev–Trinajstić information content (AvgIpc) is 3.51. The van der Waals surface area contributed by atoms with Crippen molar-refractivity contribution in [1.29, 1.82) is 0 Å². The molecule has 0 amide bonds. The summed E-state index contributed by atoms with van der Waals surface area (Å²) in [6, 6.07) is 8.94. The molecule has 15 heteroatoms. The number of hydrogen-bond acceptors (Lipinski definition) is 15. The molecule has 0 bridgehead atoms. The fourth-order valence-corrected chi connectivity index (χ4v) is 8.91. The van der Waals surface area contributed by atoms with Crippen LogP contribution in [0.4, 0.5) is 0 Å². The van der Waals surface area contributed by atoms with Crippen molar-refractivity contribution in [2.45, 2.75) is 157 Å². The predicted octanol–water partition coefficient (Wildman–Crippen LogP) is 12.4. The fraction of sp³-hybridized carbons (Fsp3) is 0.812. The highest BCUT2D eigenvalue weighted by atomic mass is 16.6. The molecule has 0 radical (unpaired) electrons. The van der Waals surface area contributed by atoms with Gasteiger partial charge in [0.2, 0.25) is 0 Å². The second-order valence-electron chi connectivity index (χ2n) is 20.5. The highest BCUT2D eigenvalue weighted by Crippen LogP contribution is 2.43. The molecule has 2 aromatic carbocycles. The molecular formula is C64H114O15. The summed E-state index contributed by atoms with van der Waals surface area (Å²) < 4.78 is 85.8. The zero-order valence-corrected chi connectivity index (χ0v) is 51.9. The van der Waals surface area contributed by atoms with Gasteiger partial charge in [-0.05, 0) is 108 Å². The summed E-state index contributed by atoms with van der Waals surface area (Å²) in [5.41, 5.74) is 8.70. The van der Waals surface area contributed by atoms with E-state index in [1.54, 1.807) is 0 Å². The van der Waals surface area contributed by atoms with Gasteiger partial charge in [0.05, 0.1) is 172 Å². The molecule has 0 N–H and O–H groups in total. The first-order valence-corrected chi connectivity index (χ1v) is 30.7. The summed E-state index contributed by atoms with van der Waals surface area (Å²) in [6.45, 7) is 41.8. The molecule has 0 heterocycles. The third-order valence-corrected chi connectivity index (χ3v) is 14.7. The van der Waals surface area contributed by atoms with Gasteiger partial charge in [-0.3, -0.25) is 0 Å². The van der Waals surface area contributed by atoms with E-state index in [1.165, 1.54) is 33.4 Å². The maximum absolute atomic E-state index is 6.33. The molecule has 0 fully saturated rings. The Morgan fingerprint density at radius 3 is 0.557 bits per heavy atom. The molecule has 15 nitrogen and oxygen atoms in total. The lowest BCUT2D eigenvalue weighted by Gasteiger charge is -2.28. The third-order valence-electron chi connectivity index (χ3n) is 14.7. The van der Waals surface area contributed by atoms with Crippen LogP contribution in [0.3, 0.4) is 0 Å². The van der Waals surface area contributed by atoms with E-state index in [4.69, 9.17) is 71.1 Å². The van der Waals surface area contributed by atoms with E-state index in [9.17, 15) is 0 Å². The van der Waals surface area contributed by atoms with Gasteiger partial charge < -0.3 is 71.1 Å². The smallest absolute Gasteiger partial charge is 0.123 e. The molecule has 0 saturated carbocycles. The van der Waals surface area contributed by atoms with Crippen LogP contribution in [-0.4, -0.2) is 185 Å². The lowest BCUT2D eigenvalue weighted by Crippen LogP contribution is -2.16. The van der Waals surface area contributed by atoms with E-state index >= 15 is 0 Å². The summed E-state index contributed by atoms with van der Waals surface area (Å²) in [5, 5.41) is 0. The number of ether oxygens (including phenoxy) is 15. The molecule has 79 heavy (non-hydrogen) atoms. The summed E-state index contributed by atoms with van der Waals surface area (Å²) in [7, 11) is 0. The van der Waals surface area contributed by atoms with E-state index in [0.717, 1.165) is 50.0 Å². The maximum Gasteiger partial charge on any atom is 0.123 e. The van der Waals surface area contributed by atoms with Gasteiger partial charge in [0, 0.05) is 11.1 Å². The summed E-state index contributed by atoms with van der Waals surface area (Å²) in [4.78, 5) is 0. The normalized spacial score (nSPS) is 14.1. The van der Waals surface area contributed by atoms with Gasteiger partial charge in [0.15, 0.2) is 0 Å². The van der Waals surface area contributed by atoms with Crippen molar-refractivity contribution >= 4 is 0 Å². The van der Waals surface area contributed by atoms with Gasteiger partial charge in [0.25, 0.3) is 0 Å². The first kappa shape index (κ1) is 72.6. The molecule has 0 aliphatic heterocycles. The molecular weight excluding hydrogens is 1010 g/mol. The van der Waals surface area contributed by atoms with Gasteiger partial charge in [0.1, 0.15) is 24.7 Å². The summed E-state index contributed by atoms with van der Waals surface area (Å²) >= 11 is 0. The quantitative estimate of drug-likeness (QED) is 0.0580. The largest absolute Gasteiger partial charge is 0.491 e. The van der Waals surface area contributed by atoms with Gasteiger partial charge in [-0.1, -0.05) is 95.2 Å². The van der Waals surface area contributed by atoms with Crippen molar-refractivity contribution in [2.75, 3.05) is 185 Å². The van der Waals surface area contributed by atoms with Gasteiger partial charge in [-0.2, -0.15) is 0 Å². The number of rotatable bonds is 56. The van der Waals surface area contributed by atoms with Crippen LogP contribution in [0.15, 0.2) is 24.3 Å². The van der Waals surface area contributed by atoms with Gasteiger partial charge >= 0.3 is 0 Å². The Labute approximate surface area is 480 Å². The highest BCUT2D eigenvalue weighted by Gasteiger charge is 2.25. The zero-order valence-electron chi connectivity index (χ0n) is 51.9. The molecule has 0 spiro atoms. The fourth-order valence-electron chi connectivity index (χ4n) is 8.91. The van der Waals surface area contributed by atoms with Crippen LogP contribution in [0.1, 0.15) is 190 Å². The Morgan fingerprint density at radius 2 is 0.380 bits per heavy atom. The minimum atomic E-state index is 0.440. The highest BCUT2D eigenvalue weighted by molar-refractivity contribution is 5.51. The minimum Gasteiger partial charge on any atom is -0.491 e. The number of benzene rings is 2. The second kappa shape index (κ2) is 49.0. The van der Waals surface area contributed by atoms with E-state index in [-0.39, 0.29) is 0 Å². The Hall–Kier alpha value is -2.48. The predicted molar refractivity (Wildman–Crippen MR) is 317 cm³/mol. The van der Waals surface area contributed by atoms with Crippen LogP contribution in [0.5, 0.6) is 11.5 Å². The topological polar surface area (TPSA) is 138 Å². The van der Waals surface area contributed by atoms with E-state index < -0.39 is 0 Å². The average molecular weight is 1120 g/mol. The van der Waals surface area contributed by atoms with Gasteiger partial charge in [-0.15, -0.1) is 0 Å². The molecule has 2 aromatic rings. The van der Waals surface area contributed by atoms with E-state index in [1.807, 2.05) is 0 Å². The van der Waals surface area contributed by atoms with Crippen molar-refractivity contribution < 1.29 is 71.1 Å². The maximum atomic E-state index is 6.33. The van der Waals surface area contributed by atoms with E-state index in [2.05, 4.69) is 107 Å². The Balaban J connectivity index is 1.27. The third kappa shape index (κ3) is 31.7. The summed E-state index contributed by atoms with van der Waals surface area (Å²) in [5.74, 6) is 4.95. The van der Waals surface area contributed by atoms with Crippen molar-refractivity contribution in [3.8, 4) is 11.5 Å². The van der Waals surface area contributed by atoms with Gasteiger partial charge in [-0.25, -0.2) is 0 Å². The Kier molecular flexibility index (Phi) is 45.0. The minimum absolute atomic E-state index is 0.440. The Bertz CT molecular complexity index is 1590. The number of hydrogen-bond donors (Lipinski definition) is 0. The zero-order chi connectivity index (χ0) is 57.6. The van der Waals surface area contributed by atoms with Crippen LogP contribution < -0.4 is 9.47 Å². The SMILES string of the molecule is CCC(C)c1ccc(OCCOCCOCCOCCOCCOCCOCCOCCOCCOCCOCCOCCOCCOCCOc2ccc(C(C)CC)c(C(C)CC)c2C(C)CC)c(C(C)CC)c1C(C)CC. The molecule has 0 saturated heterocycles. The van der Waals surface area contributed by atoms with Crippen LogP contribution >= 0.6 is 0 Å². The van der Waals surface area contributed by atoms with Crippen molar-refractivity contribution in [2.24, 2.45) is 0 Å². The molecule has 2 rings (SSSR count). The monoisotopic (exact) mass is 1120 g/mol. The van der Waals surface area contributed by atoms with Crippen molar-refractivity contribution in [3.63, 3.8) is 0 Å². The van der Waals surface area contributed by atoms with Crippen LogP contribution in [-0.2, 0) is 61.6 Å². The Morgan fingerprint density at radius 1 is 0.215 bits per heavy atom. The lowest BCUT2D eigenvalue weighted by molar-refractivity contribution is -0.0293. The molecule has 460 valence electrons. The van der Waals surface area contributed by atoms with Crippen LogP contribution in [0.2, 0.25) is 0 Å².